The number of carboxylic acid groups (broad SMARTS) is 1. The van der Waals surface area contributed by atoms with E-state index in [9.17, 15) is 9.90 Å². The van der Waals surface area contributed by atoms with Crippen LogP contribution in [0.3, 0.4) is 0 Å². The average Bonchev–Trinajstić information content (AvgIpc) is 2.40. The van der Waals surface area contributed by atoms with Gasteiger partial charge < -0.3 is 9.84 Å². The highest BCUT2D eigenvalue weighted by molar-refractivity contribution is 5.80. The fourth-order valence-corrected chi connectivity index (χ4v) is 2.49. The van der Waals surface area contributed by atoms with Gasteiger partial charge in [0.1, 0.15) is 0 Å². The summed E-state index contributed by atoms with van der Waals surface area (Å²) in [6.07, 6.45) is 3.23. The molecule has 0 atom stereocenters. The first-order valence-corrected chi connectivity index (χ1v) is 6.90. The Labute approximate surface area is 114 Å². The van der Waals surface area contributed by atoms with E-state index in [4.69, 9.17) is 4.74 Å². The molecule has 1 aromatic carbocycles. The highest BCUT2D eigenvalue weighted by Gasteiger charge is 2.29. The van der Waals surface area contributed by atoms with Gasteiger partial charge >= 0.3 is 5.97 Å². The molecule has 104 valence electrons. The lowest BCUT2D eigenvalue weighted by Crippen LogP contribution is -2.28. The summed E-state index contributed by atoms with van der Waals surface area (Å²) in [5.41, 5.74) is 1.29. The smallest absolute Gasteiger partial charge is 0.313 e. The topological polar surface area (TPSA) is 46.5 Å². The van der Waals surface area contributed by atoms with Gasteiger partial charge in [-0.05, 0) is 50.2 Å². The van der Waals surface area contributed by atoms with Crippen LogP contribution in [0.15, 0.2) is 24.3 Å². The van der Waals surface area contributed by atoms with Gasteiger partial charge in [-0.15, -0.1) is 0 Å². The van der Waals surface area contributed by atoms with Crippen LogP contribution in [-0.2, 0) is 21.4 Å². The number of carbonyl (C=O) groups is 1. The Morgan fingerprint density at radius 2 is 2.05 bits per heavy atom. The van der Waals surface area contributed by atoms with Gasteiger partial charge in [0.25, 0.3) is 0 Å². The van der Waals surface area contributed by atoms with E-state index in [1.54, 1.807) is 13.8 Å². The number of hydrogen-bond acceptors (Lipinski definition) is 2. The van der Waals surface area contributed by atoms with E-state index in [-0.39, 0.29) is 0 Å². The molecule has 0 aliphatic carbocycles. The second kappa shape index (κ2) is 5.74. The summed E-state index contributed by atoms with van der Waals surface area (Å²) in [6, 6.07) is 8.01. The van der Waals surface area contributed by atoms with Crippen molar-refractivity contribution in [1.29, 1.82) is 0 Å². The van der Waals surface area contributed by atoms with Crippen molar-refractivity contribution in [3.63, 3.8) is 0 Å². The van der Waals surface area contributed by atoms with Crippen LogP contribution in [-0.4, -0.2) is 24.3 Å². The summed E-state index contributed by atoms with van der Waals surface area (Å²) < 4.78 is 5.37. The minimum atomic E-state index is -0.828. The Morgan fingerprint density at radius 1 is 1.37 bits per heavy atom. The first-order valence-electron chi connectivity index (χ1n) is 6.90. The number of aliphatic carboxylic acids is 1. The molecule has 19 heavy (non-hydrogen) atoms. The molecule has 0 spiro atoms. The van der Waals surface area contributed by atoms with Gasteiger partial charge in [-0.1, -0.05) is 24.3 Å². The maximum absolute atomic E-state index is 11.3. The number of rotatable bonds is 4. The molecule has 1 aliphatic rings. The molecule has 2 rings (SSSR count). The molecule has 3 nitrogen and oxygen atoms in total. The standard InChI is InChI=1S/C16H22O3/c1-16(2,15(17)18)14-5-3-4-13(11-14)10-12-6-8-19-9-7-12/h3-5,11-12H,6-10H2,1-2H3,(H,17,18). The molecule has 0 bridgehead atoms. The van der Waals surface area contributed by atoms with Crippen molar-refractivity contribution in [3.05, 3.63) is 35.4 Å². The minimum Gasteiger partial charge on any atom is -0.481 e. The summed E-state index contributed by atoms with van der Waals surface area (Å²) in [7, 11) is 0. The van der Waals surface area contributed by atoms with Crippen molar-refractivity contribution in [2.75, 3.05) is 13.2 Å². The molecule has 1 aliphatic heterocycles. The Balaban J connectivity index is 2.12. The Bertz CT molecular complexity index is 445. The zero-order valence-electron chi connectivity index (χ0n) is 11.7. The largest absolute Gasteiger partial charge is 0.481 e. The zero-order valence-corrected chi connectivity index (χ0v) is 11.7. The van der Waals surface area contributed by atoms with Crippen LogP contribution in [0.1, 0.15) is 37.8 Å². The summed E-state index contributed by atoms with van der Waals surface area (Å²) in [6.45, 7) is 5.21. The van der Waals surface area contributed by atoms with Crippen LogP contribution >= 0.6 is 0 Å². The van der Waals surface area contributed by atoms with Gasteiger partial charge in [-0.25, -0.2) is 0 Å². The van der Waals surface area contributed by atoms with Gasteiger partial charge in [0.2, 0.25) is 0 Å². The molecule has 0 radical (unpaired) electrons. The molecule has 1 aromatic rings. The molecule has 0 amide bonds. The summed E-state index contributed by atoms with van der Waals surface area (Å²) in [5.74, 6) is -0.118. The lowest BCUT2D eigenvalue weighted by atomic mass is 9.83. The van der Waals surface area contributed by atoms with E-state index in [2.05, 4.69) is 6.07 Å². The van der Waals surface area contributed by atoms with Gasteiger partial charge in [-0.2, -0.15) is 0 Å². The molecule has 0 saturated carbocycles. The third kappa shape index (κ3) is 3.35. The van der Waals surface area contributed by atoms with Crippen LogP contribution < -0.4 is 0 Å². The van der Waals surface area contributed by atoms with E-state index < -0.39 is 11.4 Å². The van der Waals surface area contributed by atoms with Crippen LogP contribution in [0.25, 0.3) is 0 Å². The molecular weight excluding hydrogens is 240 g/mol. The third-order valence-corrected chi connectivity index (χ3v) is 4.05. The van der Waals surface area contributed by atoms with Crippen molar-refractivity contribution < 1.29 is 14.6 Å². The van der Waals surface area contributed by atoms with Crippen molar-refractivity contribution in [2.45, 2.75) is 38.5 Å². The number of benzene rings is 1. The third-order valence-electron chi connectivity index (χ3n) is 4.05. The summed E-state index contributed by atoms with van der Waals surface area (Å²) in [5, 5.41) is 9.29. The van der Waals surface area contributed by atoms with Crippen molar-refractivity contribution >= 4 is 5.97 Å². The lowest BCUT2D eigenvalue weighted by Gasteiger charge is -2.24. The Kier molecular flexibility index (Phi) is 4.25. The second-order valence-electron chi connectivity index (χ2n) is 5.89. The van der Waals surface area contributed by atoms with Crippen LogP contribution in [0, 0.1) is 5.92 Å². The van der Waals surface area contributed by atoms with Gasteiger partial charge in [-0.3, -0.25) is 4.79 Å². The van der Waals surface area contributed by atoms with Crippen LogP contribution in [0.5, 0.6) is 0 Å². The average molecular weight is 262 g/mol. The second-order valence-corrected chi connectivity index (χ2v) is 5.89. The van der Waals surface area contributed by atoms with Crippen LogP contribution in [0.4, 0.5) is 0 Å². The quantitative estimate of drug-likeness (QED) is 0.907. The maximum Gasteiger partial charge on any atom is 0.313 e. The van der Waals surface area contributed by atoms with Gasteiger partial charge in [0.05, 0.1) is 5.41 Å². The SMILES string of the molecule is CC(C)(C(=O)O)c1cccc(CC2CCOCC2)c1. The molecular formula is C16H22O3. The molecule has 1 saturated heterocycles. The zero-order chi connectivity index (χ0) is 13.9. The minimum absolute atomic E-state index is 0.664. The Morgan fingerprint density at radius 3 is 2.68 bits per heavy atom. The predicted octanol–water partition coefficient (Wildman–Crippen LogP) is 3.02. The van der Waals surface area contributed by atoms with Crippen molar-refractivity contribution in [1.82, 2.24) is 0 Å². The number of ether oxygens (including phenoxy) is 1. The van der Waals surface area contributed by atoms with Crippen LogP contribution in [0.2, 0.25) is 0 Å². The lowest BCUT2D eigenvalue weighted by molar-refractivity contribution is -0.142. The predicted molar refractivity (Wildman–Crippen MR) is 74.4 cm³/mol. The van der Waals surface area contributed by atoms with E-state index >= 15 is 0 Å². The molecule has 1 heterocycles. The van der Waals surface area contributed by atoms with Gasteiger partial charge in [0.15, 0.2) is 0 Å². The molecule has 1 N–H and O–H groups in total. The van der Waals surface area contributed by atoms with Crippen molar-refractivity contribution in [3.8, 4) is 0 Å². The van der Waals surface area contributed by atoms with E-state index in [1.165, 1.54) is 5.56 Å². The van der Waals surface area contributed by atoms with E-state index in [0.717, 1.165) is 38.0 Å². The van der Waals surface area contributed by atoms with E-state index in [0.29, 0.717) is 5.92 Å². The molecule has 3 heteroatoms. The number of carboxylic acids is 1. The summed E-state index contributed by atoms with van der Waals surface area (Å²) in [4.78, 5) is 11.3. The maximum atomic E-state index is 11.3. The molecule has 0 unspecified atom stereocenters. The normalized spacial score (nSPS) is 17.4. The first-order chi connectivity index (χ1) is 9.00. The Hall–Kier alpha value is -1.35. The monoisotopic (exact) mass is 262 g/mol. The van der Waals surface area contributed by atoms with Gasteiger partial charge in [0, 0.05) is 13.2 Å². The fraction of sp³-hybridized carbons (Fsp3) is 0.562. The fourth-order valence-electron chi connectivity index (χ4n) is 2.49. The number of hydrogen-bond donors (Lipinski definition) is 1. The summed E-state index contributed by atoms with van der Waals surface area (Å²) >= 11 is 0. The van der Waals surface area contributed by atoms with Crippen molar-refractivity contribution in [2.24, 2.45) is 5.92 Å². The first kappa shape index (κ1) is 14.1. The highest BCUT2D eigenvalue weighted by Crippen LogP contribution is 2.26. The van der Waals surface area contributed by atoms with E-state index in [1.807, 2.05) is 18.2 Å². The highest BCUT2D eigenvalue weighted by atomic mass is 16.5. The molecule has 1 fully saturated rings. The molecule has 0 aromatic heterocycles.